The molecule has 1 aromatic carbocycles. The van der Waals surface area contributed by atoms with Gasteiger partial charge in [-0.3, -0.25) is 0 Å². The maximum atomic E-state index is 2.63. The van der Waals surface area contributed by atoms with Gasteiger partial charge >= 0.3 is 0 Å². The minimum absolute atomic E-state index is 0. The van der Waals surface area contributed by atoms with Crippen molar-refractivity contribution in [2.45, 2.75) is 0 Å². The van der Waals surface area contributed by atoms with Crippen LogP contribution in [0.25, 0.3) is 0 Å². The molecule has 0 aliphatic rings. The second kappa shape index (κ2) is 4.09. The van der Waals surface area contributed by atoms with Gasteiger partial charge in [-0.1, -0.05) is 30.3 Å². The smallest absolute Gasteiger partial charge is 0 e. The summed E-state index contributed by atoms with van der Waals surface area (Å²) in [5.74, 6) is 0. The Balaban J connectivity index is 0.000000490. The Kier molecular flexibility index (Phi) is 4.18. The van der Waals surface area contributed by atoms with Crippen molar-refractivity contribution >= 4 is 31.6 Å². The van der Waals surface area contributed by atoms with Gasteiger partial charge in [-0.05, 0) is 5.30 Å². The number of hydrogen-bond donors (Lipinski definition) is 0. The van der Waals surface area contributed by atoms with Crippen molar-refractivity contribution in [2.75, 3.05) is 0 Å². The standard InChI is InChI=1S/C6H7P.Se/c7-6-4-2-1-3-5-6;/h1-5H,7H2;. The maximum Gasteiger partial charge on any atom is 0 e. The van der Waals surface area contributed by atoms with E-state index in [4.69, 9.17) is 0 Å². The molecule has 1 aromatic rings. The molecule has 0 saturated carbocycles. The van der Waals surface area contributed by atoms with Gasteiger partial charge in [-0.2, -0.15) is 0 Å². The van der Waals surface area contributed by atoms with Gasteiger partial charge in [-0.25, -0.2) is 0 Å². The van der Waals surface area contributed by atoms with Gasteiger partial charge in [0.1, 0.15) is 0 Å². The molecule has 0 N–H and O–H groups in total. The number of benzene rings is 1. The van der Waals surface area contributed by atoms with E-state index < -0.39 is 0 Å². The van der Waals surface area contributed by atoms with Gasteiger partial charge < -0.3 is 0 Å². The summed E-state index contributed by atoms with van der Waals surface area (Å²) in [5, 5.41) is 1.24. The first-order valence-electron chi connectivity index (χ1n) is 2.20. The van der Waals surface area contributed by atoms with Crippen LogP contribution in [0.15, 0.2) is 30.3 Å². The van der Waals surface area contributed by atoms with E-state index in [1.807, 2.05) is 30.3 Å². The normalized spacial score (nSPS) is 7.62. The van der Waals surface area contributed by atoms with Crippen LogP contribution < -0.4 is 5.30 Å². The molecule has 0 aliphatic heterocycles. The molecule has 1 unspecified atom stereocenters. The average Bonchev–Trinajstić information content (AvgIpc) is 1.69. The summed E-state index contributed by atoms with van der Waals surface area (Å²) in [5.41, 5.74) is 0. The molecule has 0 heterocycles. The Morgan fingerprint density at radius 3 is 1.75 bits per heavy atom. The fraction of sp³-hybridized carbons (Fsp3) is 0. The van der Waals surface area contributed by atoms with Crippen molar-refractivity contribution in [3.8, 4) is 0 Å². The molecule has 0 aliphatic carbocycles. The van der Waals surface area contributed by atoms with Crippen molar-refractivity contribution in [3.63, 3.8) is 0 Å². The zero-order chi connectivity index (χ0) is 5.11. The van der Waals surface area contributed by atoms with Gasteiger partial charge in [-0.15, -0.1) is 9.24 Å². The zero-order valence-electron chi connectivity index (χ0n) is 4.37. The van der Waals surface area contributed by atoms with Crippen LogP contribution in [0.2, 0.25) is 0 Å². The van der Waals surface area contributed by atoms with E-state index in [1.54, 1.807) is 0 Å². The molecule has 2 radical (unpaired) electrons. The van der Waals surface area contributed by atoms with Gasteiger partial charge in [0, 0.05) is 17.1 Å². The SMILES string of the molecule is Pc1ccccc1.[Se]. The molecule has 1 atom stereocenters. The molecule has 2 heteroatoms. The van der Waals surface area contributed by atoms with Gasteiger partial charge in [0.15, 0.2) is 0 Å². The predicted octanol–water partition coefficient (Wildman–Crippen LogP) is 0.806. The monoisotopic (exact) mass is 190 g/mol. The first-order chi connectivity index (χ1) is 3.39. The van der Waals surface area contributed by atoms with E-state index in [0.29, 0.717) is 0 Å². The quantitative estimate of drug-likeness (QED) is 0.418. The molecule has 0 amide bonds. The molecule has 0 aromatic heterocycles. The maximum absolute atomic E-state index is 2.63. The van der Waals surface area contributed by atoms with Crippen LogP contribution in [0, 0.1) is 0 Å². The third kappa shape index (κ3) is 2.47. The molecule has 0 saturated heterocycles. The Morgan fingerprint density at radius 2 is 1.50 bits per heavy atom. The Bertz CT molecular complexity index is 138. The Morgan fingerprint density at radius 1 is 1.00 bits per heavy atom. The summed E-state index contributed by atoms with van der Waals surface area (Å²) in [7, 11) is 2.63. The van der Waals surface area contributed by atoms with E-state index >= 15 is 0 Å². The first-order valence-corrected chi connectivity index (χ1v) is 2.78. The Hall–Kier alpha value is 0.169. The first kappa shape index (κ1) is 8.17. The van der Waals surface area contributed by atoms with Gasteiger partial charge in [0.2, 0.25) is 0 Å². The summed E-state index contributed by atoms with van der Waals surface area (Å²) in [6.45, 7) is 0. The van der Waals surface area contributed by atoms with Crippen LogP contribution in [0.3, 0.4) is 0 Å². The minimum Gasteiger partial charge on any atom is -0.106 e. The largest absolute Gasteiger partial charge is 0.106 e. The van der Waals surface area contributed by atoms with Crippen molar-refractivity contribution in [1.82, 2.24) is 0 Å². The average molecular weight is 189 g/mol. The van der Waals surface area contributed by atoms with Crippen LogP contribution in [0.5, 0.6) is 0 Å². The molecule has 1 rings (SSSR count). The summed E-state index contributed by atoms with van der Waals surface area (Å²) in [6.07, 6.45) is 0. The summed E-state index contributed by atoms with van der Waals surface area (Å²) in [4.78, 5) is 0. The van der Waals surface area contributed by atoms with Crippen LogP contribution in [0.1, 0.15) is 0 Å². The molecular weight excluding hydrogens is 182 g/mol. The topological polar surface area (TPSA) is 0 Å². The molecule has 0 nitrogen and oxygen atoms in total. The van der Waals surface area contributed by atoms with Crippen LogP contribution in [0.4, 0.5) is 0 Å². The van der Waals surface area contributed by atoms with Crippen molar-refractivity contribution in [3.05, 3.63) is 30.3 Å². The third-order valence-corrected chi connectivity index (χ3v) is 1.18. The second-order valence-corrected chi connectivity index (χ2v) is 2.08. The summed E-state index contributed by atoms with van der Waals surface area (Å²) >= 11 is 0. The fourth-order valence-corrected chi connectivity index (χ4v) is 0.675. The Labute approximate surface area is 62.4 Å². The van der Waals surface area contributed by atoms with Crippen molar-refractivity contribution < 1.29 is 0 Å². The van der Waals surface area contributed by atoms with Crippen LogP contribution in [-0.4, -0.2) is 17.1 Å². The second-order valence-electron chi connectivity index (χ2n) is 1.41. The summed E-state index contributed by atoms with van der Waals surface area (Å²) < 4.78 is 0. The predicted molar refractivity (Wildman–Crippen MR) is 41.5 cm³/mol. The van der Waals surface area contributed by atoms with E-state index in [9.17, 15) is 0 Å². The zero-order valence-corrected chi connectivity index (χ0v) is 7.24. The minimum atomic E-state index is 0. The van der Waals surface area contributed by atoms with E-state index in [1.165, 1.54) is 5.30 Å². The third-order valence-electron chi connectivity index (χ3n) is 0.800. The molecule has 8 heavy (non-hydrogen) atoms. The van der Waals surface area contributed by atoms with Gasteiger partial charge in [0.05, 0.1) is 0 Å². The number of hydrogen-bond acceptors (Lipinski definition) is 0. The molecular formula is C6H7PSe. The molecule has 0 bridgehead atoms. The van der Waals surface area contributed by atoms with E-state index in [-0.39, 0.29) is 17.1 Å². The summed E-state index contributed by atoms with van der Waals surface area (Å²) in [6, 6.07) is 10.1. The van der Waals surface area contributed by atoms with Crippen LogP contribution >= 0.6 is 9.24 Å². The number of rotatable bonds is 0. The fourth-order valence-electron chi connectivity index (χ4n) is 0.453. The van der Waals surface area contributed by atoms with E-state index in [2.05, 4.69) is 9.24 Å². The van der Waals surface area contributed by atoms with Crippen molar-refractivity contribution in [1.29, 1.82) is 0 Å². The molecule has 42 valence electrons. The molecule has 0 fully saturated rings. The van der Waals surface area contributed by atoms with Crippen LogP contribution in [-0.2, 0) is 0 Å². The molecule has 0 spiro atoms. The van der Waals surface area contributed by atoms with Crippen molar-refractivity contribution in [2.24, 2.45) is 0 Å². The van der Waals surface area contributed by atoms with Gasteiger partial charge in [0.25, 0.3) is 0 Å². The van der Waals surface area contributed by atoms with E-state index in [0.717, 1.165) is 0 Å².